The van der Waals surface area contributed by atoms with Gasteiger partial charge in [-0.3, -0.25) is 4.79 Å². The first-order valence-corrected chi connectivity index (χ1v) is 9.24. The second-order valence-corrected chi connectivity index (χ2v) is 8.35. The fourth-order valence-corrected chi connectivity index (χ4v) is 4.01. The van der Waals surface area contributed by atoms with Crippen LogP contribution in [0.5, 0.6) is 0 Å². The van der Waals surface area contributed by atoms with E-state index in [0.717, 1.165) is 4.31 Å². The van der Waals surface area contributed by atoms with Crippen molar-refractivity contribution in [3.8, 4) is 0 Å². The third kappa shape index (κ3) is 3.29. The summed E-state index contributed by atoms with van der Waals surface area (Å²) in [6.07, 6.45) is 1.13. The van der Waals surface area contributed by atoms with Crippen LogP contribution >= 0.6 is 0 Å². The number of rotatable bonds is 6. The molecule has 7 heteroatoms. The quantitative estimate of drug-likeness (QED) is 0.856. The molecule has 1 aliphatic rings. The number of hydrogen-bond donors (Lipinski definition) is 1. The van der Waals surface area contributed by atoms with Gasteiger partial charge in [-0.25, -0.2) is 12.8 Å². The highest BCUT2D eigenvalue weighted by Crippen LogP contribution is 2.48. The van der Waals surface area contributed by atoms with Crippen LogP contribution in [0.4, 0.5) is 4.39 Å². The van der Waals surface area contributed by atoms with Crippen LogP contribution in [0.3, 0.4) is 0 Å². The van der Waals surface area contributed by atoms with Crippen molar-refractivity contribution >= 4 is 16.0 Å². The zero-order valence-electron chi connectivity index (χ0n) is 13.6. The highest BCUT2D eigenvalue weighted by Gasteiger charge is 2.51. The number of benzene rings is 2. The van der Waals surface area contributed by atoms with Crippen LogP contribution in [0.15, 0.2) is 53.4 Å². The molecule has 1 N–H and O–H groups in total. The fraction of sp³-hybridized carbons (Fsp3) is 0.278. The van der Waals surface area contributed by atoms with Gasteiger partial charge in [0.25, 0.3) is 0 Å². The van der Waals surface area contributed by atoms with Crippen molar-refractivity contribution < 1.29 is 22.7 Å². The first kappa shape index (κ1) is 17.6. The molecule has 0 spiro atoms. The summed E-state index contributed by atoms with van der Waals surface area (Å²) >= 11 is 0. The minimum atomic E-state index is -3.75. The number of halogens is 1. The lowest BCUT2D eigenvalue weighted by molar-refractivity contribution is -0.140. The molecule has 25 heavy (non-hydrogen) atoms. The largest absolute Gasteiger partial charge is 0.481 e. The summed E-state index contributed by atoms with van der Waals surface area (Å²) in [6, 6.07) is 11.7. The van der Waals surface area contributed by atoms with E-state index in [1.165, 1.54) is 37.4 Å². The average Bonchev–Trinajstić information content (AvgIpc) is 3.37. The molecular formula is C18H18FNO4S. The molecule has 0 aromatic heterocycles. The smallest absolute Gasteiger partial charge is 0.314 e. The van der Waals surface area contributed by atoms with Crippen molar-refractivity contribution in [3.63, 3.8) is 0 Å². The van der Waals surface area contributed by atoms with E-state index in [9.17, 15) is 22.7 Å². The lowest BCUT2D eigenvalue weighted by Crippen LogP contribution is -2.26. The summed E-state index contributed by atoms with van der Waals surface area (Å²) < 4.78 is 39.7. The number of nitrogens with zero attached hydrogens (tertiary/aromatic N) is 1. The first-order valence-electron chi connectivity index (χ1n) is 7.80. The van der Waals surface area contributed by atoms with Gasteiger partial charge in [0.05, 0.1) is 10.3 Å². The van der Waals surface area contributed by atoms with E-state index >= 15 is 0 Å². The minimum Gasteiger partial charge on any atom is -0.481 e. The molecule has 3 rings (SSSR count). The van der Waals surface area contributed by atoms with Gasteiger partial charge in [-0.2, -0.15) is 4.31 Å². The van der Waals surface area contributed by atoms with Gasteiger partial charge in [0.1, 0.15) is 5.82 Å². The van der Waals surface area contributed by atoms with Crippen molar-refractivity contribution in [3.05, 3.63) is 65.5 Å². The normalized spacial score (nSPS) is 16.0. The van der Waals surface area contributed by atoms with Crippen LogP contribution in [0.2, 0.25) is 0 Å². The molecule has 0 atom stereocenters. The highest BCUT2D eigenvalue weighted by molar-refractivity contribution is 7.89. The Morgan fingerprint density at radius 3 is 2.36 bits per heavy atom. The molecule has 0 amide bonds. The molecule has 0 saturated heterocycles. The molecule has 1 fully saturated rings. The topological polar surface area (TPSA) is 74.7 Å². The van der Waals surface area contributed by atoms with Gasteiger partial charge < -0.3 is 5.11 Å². The number of carbonyl (C=O) groups is 1. The Bertz CT molecular complexity index is 905. The Kier molecular flexibility index (Phi) is 4.38. The summed E-state index contributed by atoms with van der Waals surface area (Å²) in [4.78, 5) is 11.4. The molecule has 2 aromatic carbocycles. The minimum absolute atomic E-state index is 0.0426. The lowest BCUT2D eigenvalue weighted by Gasteiger charge is -2.18. The predicted molar refractivity (Wildman–Crippen MR) is 90.0 cm³/mol. The van der Waals surface area contributed by atoms with Gasteiger partial charge in [0.2, 0.25) is 10.0 Å². The number of sulfonamides is 1. The Morgan fingerprint density at radius 2 is 1.84 bits per heavy atom. The highest BCUT2D eigenvalue weighted by atomic mass is 32.2. The van der Waals surface area contributed by atoms with Crippen LogP contribution in [-0.2, 0) is 26.8 Å². The number of carboxylic acids is 1. The molecule has 5 nitrogen and oxygen atoms in total. The lowest BCUT2D eigenvalue weighted by atomic mass is 9.96. The van der Waals surface area contributed by atoms with Crippen molar-refractivity contribution in [2.75, 3.05) is 7.05 Å². The number of aliphatic carboxylic acids is 1. The van der Waals surface area contributed by atoms with Crippen molar-refractivity contribution in [1.82, 2.24) is 4.31 Å². The average molecular weight is 363 g/mol. The van der Waals surface area contributed by atoms with E-state index in [1.54, 1.807) is 18.2 Å². The van der Waals surface area contributed by atoms with Gasteiger partial charge in [-0.1, -0.05) is 24.3 Å². The van der Waals surface area contributed by atoms with Crippen molar-refractivity contribution in [1.29, 1.82) is 0 Å². The molecule has 0 unspecified atom stereocenters. The molecule has 2 aromatic rings. The number of carboxylic acid groups (broad SMARTS) is 1. The van der Waals surface area contributed by atoms with Crippen LogP contribution < -0.4 is 0 Å². The van der Waals surface area contributed by atoms with E-state index in [2.05, 4.69) is 0 Å². The maximum atomic E-state index is 13.2. The molecule has 1 saturated carbocycles. The van der Waals surface area contributed by atoms with Gasteiger partial charge in [0.15, 0.2) is 0 Å². The van der Waals surface area contributed by atoms with Crippen molar-refractivity contribution in [2.24, 2.45) is 0 Å². The third-order valence-electron chi connectivity index (χ3n) is 4.57. The predicted octanol–water partition coefficient (Wildman–Crippen LogP) is 2.76. The van der Waals surface area contributed by atoms with E-state index in [0.29, 0.717) is 24.0 Å². The Morgan fingerprint density at radius 1 is 1.20 bits per heavy atom. The molecular weight excluding hydrogens is 345 g/mol. The van der Waals surface area contributed by atoms with Crippen LogP contribution in [0, 0.1) is 5.82 Å². The summed E-state index contributed by atoms with van der Waals surface area (Å²) in [7, 11) is -2.32. The third-order valence-corrected chi connectivity index (χ3v) is 6.39. The van der Waals surface area contributed by atoms with Crippen molar-refractivity contribution in [2.45, 2.75) is 29.7 Å². The second-order valence-electron chi connectivity index (χ2n) is 6.30. The Hall–Kier alpha value is -2.25. The number of hydrogen-bond acceptors (Lipinski definition) is 3. The van der Waals surface area contributed by atoms with E-state index in [4.69, 9.17) is 0 Å². The maximum absolute atomic E-state index is 13.2. The zero-order valence-corrected chi connectivity index (χ0v) is 14.5. The summed E-state index contributed by atoms with van der Waals surface area (Å²) in [5.74, 6) is -1.30. The molecule has 132 valence electrons. The molecule has 0 radical (unpaired) electrons. The SMILES string of the molecule is CN(Cc1cccc(F)c1)S(=O)(=O)c1ccc(C2(C(=O)O)CC2)cc1. The first-order chi connectivity index (χ1) is 11.8. The van der Waals surface area contributed by atoms with Crippen LogP contribution in [0.1, 0.15) is 24.0 Å². The van der Waals surface area contributed by atoms with Crippen LogP contribution in [0.25, 0.3) is 0 Å². The zero-order chi connectivity index (χ0) is 18.2. The van der Waals surface area contributed by atoms with Gasteiger partial charge in [0, 0.05) is 13.6 Å². The van der Waals surface area contributed by atoms with E-state index < -0.39 is 27.2 Å². The molecule has 0 heterocycles. The summed E-state index contributed by atoms with van der Waals surface area (Å²) in [5, 5.41) is 9.30. The molecule has 0 aliphatic heterocycles. The second kappa shape index (κ2) is 6.24. The molecule has 1 aliphatic carbocycles. The Balaban J connectivity index is 1.81. The van der Waals surface area contributed by atoms with E-state index in [1.807, 2.05) is 0 Å². The van der Waals surface area contributed by atoms with Gasteiger partial charge in [-0.15, -0.1) is 0 Å². The monoisotopic (exact) mass is 363 g/mol. The molecule has 0 bridgehead atoms. The maximum Gasteiger partial charge on any atom is 0.314 e. The Labute approximate surface area is 145 Å². The summed E-state index contributed by atoms with van der Waals surface area (Å²) in [6.45, 7) is 0.0426. The van der Waals surface area contributed by atoms with Gasteiger partial charge in [-0.05, 0) is 48.2 Å². The standard InChI is InChI=1S/C18H18FNO4S/c1-20(12-13-3-2-4-15(19)11-13)25(23,24)16-7-5-14(6-8-16)18(9-10-18)17(21)22/h2-8,11H,9-10,12H2,1H3,(H,21,22). The fourth-order valence-electron chi connectivity index (χ4n) is 2.85. The van der Waals surface area contributed by atoms with E-state index in [-0.39, 0.29) is 11.4 Å². The van der Waals surface area contributed by atoms with Gasteiger partial charge >= 0.3 is 5.97 Å². The summed E-state index contributed by atoms with van der Waals surface area (Å²) in [5.41, 5.74) is 0.299. The van der Waals surface area contributed by atoms with Crippen LogP contribution in [-0.4, -0.2) is 30.8 Å².